The van der Waals surface area contributed by atoms with Crippen molar-refractivity contribution < 1.29 is 9.66 Å². The largest absolute Gasteiger partial charge is 0.460 e. The first-order valence-corrected chi connectivity index (χ1v) is 3.69. The van der Waals surface area contributed by atoms with Gasteiger partial charge < -0.3 is 20.6 Å². The van der Waals surface area contributed by atoms with Gasteiger partial charge in [-0.1, -0.05) is 0 Å². The maximum atomic E-state index is 10.4. The fourth-order valence-electron chi connectivity index (χ4n) is 0.816. The molecular weight excluding hydrogens is 174 g/mol. The molecule has 0 bridgehead atoms. The van der Waals surface area contributed by atoms with Gasteiger partial charge in [0.25, 0.3) is 0 Å². The van der Waals surface area contributed by atoms with Crippen LogP contribution in [0.1, 0.15) is 6.92 Å². The minimum absolute atomic E-state index is 0.0356. The highest BCUT2D eigenvalue weighted by Gasteiger charge is 2.15. The van der Waals surface area contributed by atoms with Gasteiger partial charge in [0.2, 0.25) is 0 Å². The molecule has 0 atom stereocenters. The van der Waals surface area contributed by atoms with Gasteiger partial charge in [0.05, 0.1) is 6.61 Å². The van der Waals surface area contributed by atoms with Crippen molar-refractivity contribution >= 4 is 11.5 Å². The van der Waals surface area contributed by atoms with Gasteiger partial charge in [-0.25, -0.2) is 0 Å². The highest BCUT2D eigenvalue weighted by Crippen LogP contribution is 2.21. The van der Waals surface area contributed by atoms with Gasteiger partial charge in [-0.2, -0.15) is 0 Å². The topological polar surface area (TPSA) is 91.3 Å². The Balaban J connectivity index is 3.04. The average molecular weight is 183 g/mol. The number of hydrogen-bond acceptors (Lipinski definition) is 5. The quantitative estimate of drug-likeness (QED) is 0.556. The van der Waals surface area contributed by atoms with Crippen molar-refractivity contribution in [1.29, 1.82) is 0 Å². The lowest BCUT2D eigenvalue weighted by molar-refractivity contribution is -0.388. The zero-order chi connectivity index (χ0) is 9.84. The third kappa shape index (κ3) is 2.05. The standard InChI is InChI=1S/C7H9N3O3/c1-2-13-6-4-3-5(8)7(9-6)10(11)12/h3-4H,2,8H2,1H3. The molecule has 6 heteroatoms. The molecule has 70 valence electrons. The van der Waals surface area contributed by atoms with Crippen molar-refractivity contribution in [3.63, 3.8) is 0 Å². The Kier molecular flexibility index (Phi) is 2.63. The Hall–Kier alpha value is -1.85. The molecule has 1 aromatic heterocycles. The molecule has 1 rings (SSSR count). The molecule has 0 aromatic carbocycles. The summed E-state index contributed by atoms with van der Waals surface area (Å²) < 4.78 is 4.98. The highest BCUT2D eigenvalue weighted by molar-refractivity contribution is 5.53. The van der Waals surface area contributed by atoms with Crippen molar-refractivity contribution in [2.24, 2.45) is 0 Å². The van der Waals surface area contributed by atoms with E-state index in [0.717, 1.165) is 0 Å². The minimum Gasteiger partial charge on any atom is -0.460 e. The summed E-state index contributed by atoms with van der Waals surface area (Å²) in [6.45, 7) is 2.18. The first-order valence-electron chi connectivity index (χ1n) is 3.69. The van der Waals surface area contributed by atoms with E-state index in [1.54, 1.807) is 6.92 Å². The number of nitrogens with two attached hydrogens (primary N) is 1. The van der Waals surface area contributed by atoms with Crippen LogP contribution in [0.3, 0.4) is 0 Å². The number of rotatable bonds is 3. The van der Waals surface area contributed by atoms with Gasteiger partial charge in [-0.15, -0.1) is 0 Å². The Morgan fingerprint density at radius 3 is 2.92 bits per heavy atom. The van der Waals surface area contributed by atoms with Crippen LogP contribution in [0.2, 0.25) is 0 Å². The Labute approximate surface area is 74.5 Å². The van der Waals surface area contributed by atoms with Gasteiger partial charge in [0.15, 0.2) is 0 Å². The van der Waals surface area contributed by atoms with Gasteiger partial charge >= 0.3 is 11.7 Å². The van der Waals surface area contributed by atoms with E-state index in [1.165, 1.54) is 12.1 Å². The molecule has 1 aromatic rings. The summed E-state index contributed by atoms with van der Waals surface area (Å²) in [5.41, 5.74) is 5.36. The zero-order valence-corrected chi connectivity index (χ0v) is 7.06. The number of anilines is 1. The summed E-state index contributed by atoms with van der Waals surface area (Å²) in [6, 6.07) is 2.89. The predicted molar refractivity (Wildman–Crippen MR) is 46.5 cm³/mol. The fraction of sp³-hybridized carbons (Fsp3) is 0.286. The van der Waals surface area contributed by atoms with Crippen LogP contribution in [0.5, 0.6) is 5.88 Å². The van der Waals surface area contributed by atoms with Crippen molar-refractivity contribution in [2.75, 3.05) is 12.3 Å². The molecule has 13 heavy (non-hydrogen) atoms. The summed E-state index contributed by atoms with van der Waals surface area (Å²) in [6.07, 6.45) is 0. The van der Waals surface area contributed by atoms with Gasteiger partial charge in [0.1, 0.15) is 5.69 Å². The number of nitrogen functional groups attached to an aromatic ring is 1. The normalized spacial score (nSPS) is 9.62. The SMILES string of the molecule is CCOc1ccc(N)c([N+](=O)[O-])n1. The molecule has 2 N–H and O–H groups in total. The predicted octanol–water partition coefficient (Wildman–Crippen LogP) is 0.971. The number of pyridine rings is 1. The van der Waals surface area contributed by atoms with Crippen LogP contribution in [0.25, 0.3) is 0 Å². The lowest BCUT2D eigenvalue weighted by Crippen LogP contribution is -2.01. The molecular formula is C7H9N3O3. The van der Waals surface area contributed by atoms with E-state index in [4.69, 9.17) is 10.5 Å². The number of ether oxygens (including phenoxy) is 1. The number of aromatic nitrogens is 1. The molecule has 0 saturated carbocycles. The first-order chi connectivity index (χ1) is 6.15. The second-order valence-electron chi connectivity index (χ2n) is 2.25. The molecule has 6 nitrogen and oxygen atoms in total. The van der Waals surface area contributed by atoms with Crippen LogP contribution in [0.4, 0.5) is 11.5 Å². The zero-order valence-electron chi connectivity index (χ0n) is 7.06. The first kappa shape index (κ1) is 9.24. The van der Waals surface area contributed by atoms with Crippen LogP contribution in [0, 0.1) is 10.1 Å². The van der Waals surface area contributed by atoms with Crippen molar-refractivity contribution in [1.82, 2.24) is 4.98 Å². The molecule has 0 aliphatic rings. The lowest BCUT2D eigenvalue weighted by atomic mass is 10.4. The number of nitro groups is 1. The Morgan fingerprint density at radius 1 is 1.69 bits per heavy atom. The van der Waals surface area contributed by atoms with Gasteiger partial charge in [-0.3, -0.25) is 0 Å². The summed E-state index contributed by atoms with van der Waals surface area (Å²) in [5.74, 6) is -0.158. The summed E-state index contributed by atoms with van der Waals surface area (Å²) >= 11 is 0. The summed E-state index contributed by atoms with van der Waals surface area (Å²) in [5, 5.41) is 10.4. The molecule has 0 saturated heterocycles. The number of hydrogen-bond donors (Lipinski definition) is 1. The van der Waals surface area contributed by atoms with E-state index in [0.29, 0.717) is 6.61 Å². The molecule has 0 amide bonds. The maximum Gasteiger partial charge on any atom is 0.390 e. The molecule has 0 aliphatic heterocycles. The van der Waals surface area contributed by atoms with Crippen LogP contribution in [-0.4, -0.2) is 16.5 Å². The van der Waals surface area contributed by atoms with Crippen molar-refractivity contribution in [3.05, 3.63) is 22.2 Å². The molecule has 0 spiro atoms. The van der Waals surface area contributed by atoms with E-state index in [-0.39, 0.29) is 17.4 Å². The van der Waals surface area contributed by atoms with Crippen molar-refractivity contribution in [3.8, 4) is 5.88 Å². The lowest BCUT2D eigenvalue weighted by Gasteiger charge is -1.99. The molecule has 1 heterocycles. The monoisotopic (exact) mass is 183 g/mol. The van der Waals surface area contributed by atoms with Crippen LogP contribution >= 0.6 is 0 Å². The Bertz CT molecular complexity index is 327. The van der Waals surface area contributed by atoms with Crippen LogP contribution < -0.4 is 10.5 Å². The summed E-state index contributed by atoms with van der Waals surface area (Å²) in [7, 11) is 0. The maximum absolute atomic E-state index is 10.4. The number of nitrogens with zero attached hydrogens (tertiary/aromatic N) is 2. The van der Waals surface area contributed by atoms with E-state index in [1.807, 2.05) is 0 Å². The summed E-state index contributed by atoms with van der Waals surface area (Å²) in [4.78, 5) is 13.4. The van der Waals surface area contributed by atoms with E-state index in [2.05, 4.69) is 4.98 Å². The second kappa shape index (κ2) is 3.70. The van der Waals surface area contributed by atoms with E-state index >= 15 is 0 Å². The van der Waals surface area contributed by atoms with E-state index in [9.17, 15) is 10.1 Å². The average Bonchev–Trinajstić information content (AvgIpc) is 2.08. The second-order valence-corrected chi connectivity index (χ2v) is 2.25. The van der Waals surface area contributed by atoms with Crippen LogP contribution in [0.15, 0.2) is 12.1 Å². The minimum atomic E-state index is -0.641. The van der Waals surface area contributed by atoms with Gasteiger partial charge in [-0.05, 0) is 17.9 Å². The molecule has 0 fully saturated rings. The molecule has 0 aliphatic carbocycles. The fourth-order valence-corrected chi connectivity index (χ4v) is 0.816. The third-order valence-corrected chi connectivity index (χ3v) is 1.34. The van der Waals surface area contributed by atoms with Crippen LogP contribution in [-0.2, 0) is 0 Å². The smallest absolute Gasteiger partial charge is 0.390 e. The highest BCUT2D eigenvalue weighted by atomic mass is 16.6. The van der Waals surface area contributed by atoms with E-state index < -0.39 is 4.92 Å². The Morgan fingerprint density at radius 2 is 2.38 bits per heavy atom. The van der Waals surface area contributed by atoms with Crippen molar-refractivity contribution in [2.45, 2.75) is 6.92 Å². The molecule has 0 unspecified atom stereocenters. The third-order valence-electron chi connectivity index (χ3n) is 1.34. The van der Waals surface area contributed by atoms with Gasteiger partial charge in [0, 0.05) is 11.1 Å². The molecule has 0 radical (unpaired) electrons.